The highest BCUT2D eigenvalue weighted by molar-refractivity contribution is 5.60. The molecule has 0 amide bonds. The summed E-state index contributed by atoms with van der Waals surface area (Å²) in [4.78, 5) is 8.94. The van der Waals surface area contributed by atoms with Gasteiger partial charge >= 0.3 is 0 Å². The number of hydrogen-bond acceptors (Lipinski definition) is 3. The van der Waals surface area contributed by atoms with Crippen molar-refractivity contribution in [2.24, 2.45) is 0 Å². The van der Waals surface area contributed by atoms with Crippen LogP contribution in [0.25, 0.3) is 16.9 Å². The van der Waals surface area contributed by atoms with Gasteiger partial charge in [0.15, 0.2) is 5.65 Å². The third-order valence-corrected chi connectivity index (χ3v) is 3.84. The Balaban J connectivity index is 1.76. The lowest BCUT2D eigenvalue weighted by molar-refractivity contribution is 0.442. The van der Waals surface area contributed by atoms with Crippen LogP contribution in [0, 0.1) is 0 Å². The maximum atomic E-state index is 10.5. The van der Waals surface area contributed by atoms with Crippen molar-refractivity contribution in [2.75, 3.05) is 0 Å². The Morgan fingerprint density at radius 1 is 0.913 bits per heavy atom. The van der Waals surface area contributed by atoms with Crippen molar-refractivity contribution in [1.82, 2.24) is 14.4 Å². The fourth-order valence-corrected chi connectivity index (χ4v) is 2.66. The fourth-order valence-electron chi connectivity index (χ4n) is 2.66. The van der Waals surface area contributed by atoms with Gasteiger partial charge in [0.05, 0.1) is 11.9 Å². The standard InChI is InChI=1S/C19H15N3O/c23-19-16(11-14-7-3-1-4-8-14)21-18-12-20-17(13-22(18)19)15-9-5-2-6-10-15/h1-10,12-13,23H,11H2. The molecule has 0 saturated heterocycles. The molecular formula is C19H15N3O. The van der Waals surface area contributed by atoms with E-state index in [2.05, 4.69) is 9.97 Å². The quantitative estimate of drug-likeness (QED) is 0.628. The number of benzene rings is 2. The van der Waals surface area contributed by atoms with E-state index < -0.39 is 0 Å². The Bertz CT molecular complexity index is 946. The normalized spacial score (nSPS) is 11.0. The van der Waals surface area contributed by atoms with Crippen LogP contribution in [0.2, 0.25) is 0 Å². The summed E-state index contributed by atoms with van der Waals surface area (Å²) >= 11 is 0. The Labute approximate surface area is 133 Å². The van der Waals surface area contributed by atoms with Crippen LogP contribution in [0.1, 0.15) is 11.3 Å². The predicted octanol–water partition coefficient (Wildman–Crippen LogP) is 3.69. The summed E-state index contributed by atoms with van der Waals surface area (Å²) in [6.45, 7) is 0. The number of aromatic nitrogens is 3. The number of fused-ring (bicyclic) bond motifs is 1. The average molecular weight is 301 g/mol. The number of imidazole rings is 1. The van der Waals surface area contributed by atoms with Gasteiger partial charge in [-0.05, 0) is 5.56 Å². The molecule has 0 radical (unpaired) electrons. The second-order valence-electron chi connectivity index (χ2n) is 5.41. The van der Waals surface area contributed by atoms with Crippen LogP contribution < -0.4 is 0 Å². The van der Waals surface area contributed by atoms with Gasteiger partial charge in [-0.2, -0.15) is 0 Å². The van der Waals surface area contributed by atoms with Crippen LogP contribution in [0.4, 0.5) is 0 Å². The van der Waals surface area contributed by atoms with Gasteiger partial charge < -0.3 is 5.11 Å². The minimum atomic E-state index is 0.170. The molecule has 23 heavy (non-hydrogen) atoms. The maximum Gasteiger partial charge on any atom is 0.219 e. The summed E-state index contributed by atoms with van der Waals surface area (Å²) in [6.07, 6.45) is 4.10. The fraction of sp³-hybridized carbons (Fsp3) is 0.0526. The van der Waals surface area contributed by atoms with Gasteiger partial charge in [-0.15, -0.1) is 0 Å². The lowest BCUT2D eigenvalue weighted by atomic mass is 10.1. The van der Waals surface area contributed by atoms with Gasteiger partial charge in [0.2, 0.25) is 5.88 Å². The van der Waals surface area contributed by atoms with E-state index in [4.69, 9.17) is 0 Å². The Morgan fingerprint density at radius 3 is 2.35 bits per heavy atom. The van der Waals surface area contributed by atoms with Gasteiger partial charge in [0.1, 0.15) is 5.69 Å². The molecule has 2 heterocycles. The molecule has 0 fully saturated rings. The molecular weight excluding hydrogens is 286 g/mol. The lowest BCUT2D eigenvalue weighted by Crippen LogP contribution is -1.90. The van der Waals surface area contributed by atoms with Crippen LogP contribution in [0.5, 0.6) is 5.88 Å². The molecule has 4 nitrogen and oxygen atoms in total. The number of hydrogen-bond donors (Lipinski definition) is 1. The number of aromatic hydroxyl groups is 1. The van der Waals surface area contributed by atoms with Gasteiger partial charge in [-0.1, -0.05) is 60.7 Å². The molecule has 112 valence electrons. The average Bonchev–Trinajstić information content (AvgIpc) is 2.92. The van der Waals surface area contributed by atoms with E-state index in [1.165, 1.54) is 0 Å². The Kier molecular flexibility index (Phi) is 3.27. The van der Waals surface area contributed by atoms with Crippen LogP contribution in [-0.2, 0) is 6.42 Å². The first kappa shape index (κ1) is 13.5. The largest absolute Gasteiger partial charge is 0.493 e. The van der Waals surface area contributed by atoms with Gasteiger partial charge in [-0.25, -0.2) is 4.98 Å². The van der Waals surface area contributed by atoms with Crippen LogP contribution in [-0.4, -0.2) is 19.5 Å². The molecule has 0 spiro atoms. The molecule has 0 bridgehead atoms. The molecule has 4 heteroatoms. The number of nitrogens with zero attached hydrogens (tertiary/aromatic N) is 3. The molecule has 0 saturated carbocycles. The van der Waals surface area contributed by atoms with Crippen molar-refractivity contribution < 1.29 is 5.11 Å². The first-order valence-corrected chi connectivity index (χ1v) is 7.46. The second-order valence-corrected chi connectivity index (χ2v) is 5.41. The van der Waals surface area contributed by atoms with Crippen LogP contribution >= 0.6 is 0 Å². The van der Waals surface area contributed by atoms with Gasteiger partial charge in [0, 0.05) is 18.2 Å². The highest BCUT2D eigenvalue weighted by atomic mass is 16.3. The van der Waals surface area contributed by atoms with E-state index in [1.807, 2.05) is 66.9 Å². The zero-order valence-electron chi connectivity index (χ0n) is 12.4. The first-order chi connectivity index (χ1) is 11.3. The molecule has 2 aromatic carbocycles. The summed E-state index contributed by atoms with van der Waals surface area (Å²) in [6, 6.07) is 19.9. The smallest absolute Gasteiger partial charge is 0.219 e. The molecule has 0 aliphatic heterocycles. The van der Waals surface area contributed by atoms with E-state index in [0.29, 0.717) is 17.8 Å². The second kappa shape index (κ2) is 5.57. The third-order valence-electron chi connectivity index (χ3n) is 3.84. The minimum absolute atomic E-state index is 0.170. The van der Waals surface area contributed by atoms with Crippen molar-refractivity contribution in [3.05, 3.63) is 84.3 Å². The maximum absolute atomic E-state index is 10.5. The Morgan fingerprint density at radius 2 is 1.61 bits per heavy atom. The minimum Gasteiger partial charge on any atom is -0.493 e. The molecule has 0 atom stereocenters. The highest BCUT2D eigenvalue weighted by Crippen LogP contribution is 2.24. The summed E-state index contributed by atoms with van der Waals surface area (Å²) in [5.41, 5.74) is 4.22. The van der Waals surface area contributed by atoms with E-state index in [0.717, 1.165) is 16.8 Å². The molecule has 4 rings (SSSR count). The lowest BCUT2D eigenvalue weighted by Gasteiger charge is -2.02. The molecule has 0 aliphatic carbocycles. The third kappa shape index (κ3) is 2.55. The van der Waals surface area contributed by atoms with E-state index in [-0.39, 0.29) is 5.88 Å². The molecule has 1 N–H and O–H groups in total. The van der Waals surface area contributed by atoms with Crippen molar-refractivity contribution in [1.29, 1.82) is 0 Å². The zero-order chi connectivity index (χ0) is 15.6. The van der Waals surface area contributed by atoms with Crippen LogP contribution in [0.3, 0.4) is 0 Å². The summed E-state index contributed by atoms with van der Waals surface area (Å²) in [7, 11) is 0. The van der Waals surface area contributed by atoms with E-state index in [9.17, 15) is 5.11 Å². The summed E-state index contributed by atoms with van der Waals surface area (Å²) < 4.78 is 1.69. The topological polar surface area (TPSA) is 50.4 Å². The van der Waals surface area contributed by atoms with Crippen molar-refractivity contribution in [2.45, 2.75) is 6.42 Å². The van der Waals surface area contributed by atoms with Gasteiger partial charge in [-0.3, -0.25) is 9.38 Å². The van der Waals surface area contributed by atoms with E-state index in [1.54, 1.807) is 10.6 Å². The highest BCUT2D eigenvalue weighted by Gasteiger charge is 2.13. The van der Waals surface area contributed by atoms with Crippen molar-refractivity contribution in [3.8, 4) is 17.1 Å². The summed E-state index contributed by atoms with van der Waals surface area (Å²) in [5.74, 6) is 0.170. The predicted molar refractivity (Wildman–Crippen MR) is 89.3 cm³/mol. The van der Waals surface area contributed by atoms with Gasteiger partial charge in [0.25, 0.3) is 0 Å². The molecule has 4 aromatic rings. The monoisotopic (exact) mass is 301 g/mol. The molecule has 0 unspecified atom stereocenters. The zero-order valence-corrected chi connectivity index (χ0v) is 12.4. The molecule has 0 aliphatic rings. The number of rotatable bonds is 3. The van der Waals surface area contributed by atoms with E-state index >= 15 is 0 Å². The SMILES string of the molecule is Oc1c(Cc2ccccc2)nc2cnc(-c3ccccc3)cn12. The van der Waals surface area contributed by atoms with Crippen molar-refractivity contribution in [3.63, 3.8) is 0 Å². The van der Waals surface area contributed by atoms with Crippen LogP contribution in [0.15, 0.2) is 73.1 Å². The summed E-state index contributed by atoms with van der Waals surface area (Å²) in [5, 5.41) is 10.5. The first-order valence-electron chi connectivity index (χ1n) is 7.46. The molecule has 2 aromatic heterocycles. The Hall–Kier alpha value is -3.14. The van der Waals surface area contributed by atoms with Crippen molar-refractivity contribution >= 4 is 5.65 Å².